The number of halogens is 2. The van der Waals surface area contributed by atoms with E-state index in [1.807, 2.05) is 26.0 Å². The van der Waals surface area contributed by atoms with Gasteiger partial charge in [-0.3, -0.25) is 0 Å². The van der Waals surface area contributed by atoms with E-state index in [0.717, 1.165) is 11.1 Å². The number of benzene rings is 2. The van der Waals surface area contributed by atoms with E-state index < -0.39 is 0 Å². The largest absolute Gasteiger partial charge is 0.486 e. The van der Waals surface area contributed by atoms with Crippen LogP contribution in [0.4, 0.5) is 10.1 Å². The van der Waals surface area contributed by atoms with Crippen LogP contribution >= 0.6 is 11.6 Å². The Morgan fingerprint density at radius 3 is 2.63 bits per heavy atom. The van der Waals surface area contributed by atoms with Gasteiger partial charge in [0.25, 0.3) is 0 Å². The molecule has 19 heavy (non-hydrogen) atoms. The normalized spacial score (nSPS) is 10.5. The highest BCUT2D eigenvalue weighted by atomic mass is 35.5. The molecule has 0 saturated carbocycles. The fraction of sp³-hybridized carbons (Fsp3) is 0.200. The Labute approximate surface area is 117 Å². The highest BCUT2D eigenvalue weighted by Crippen LogP contribution is 2.28. The van der Waals surface area contributed by atoms with Crippen molar-refractivity contribution in [2.75, 3.05) is 5.73 Å². The lowest BCUT2D eigenvalue weighted by atomic mass is 10.1. The molecule has 0 aliphatic heterocycles. The van der Waals surface area contributed by atoms with Crippen LogP contribution < -0.4 is 10.5 Å². The average molecular weight is 280 g/mol. The number of hydrogen-bond donors (Lipinski definition) is 1. The summed E-state index contributed by atoms with van der Waals surface area (Å²) in [6, 6.07) is 8.19. The molecule has 4 heteroatoms. The number of hydrogen-bond acceptors (Lipinski definition) is 2. The van der Waals surface area contributed by atoms with Crippen LogP contribution in [0.2, 0.25) is 5.02 Å². The average Bonchev–Trinajstić information content (AvgIpc) is 2.32. The molecule has 0 aliphatic carbocycles. The van der Waals surface area contributed by atoms with Crippen LogP contribution in [0, 0.1) is 19.7 Å². The lowest BCUT2D eigenvalue weighted by Gasteiger charge is -2.13. The molecule has 0 bridgehead atoms. The first-order chi connectivity index (χ1) is 8.97. The summed E-state index contributed by atoms with van der Waals surface area (Å²) in [6.07, 6.45) is 0. The van der Waals surface area contributed by atoms with E-state index in [4.69, 9.17) is 22.1 Å². The van der Waals surface area contributed by atoms with E-state index in [1.165, 1.54) is 12.1 Å². The van der Waals surface area contributed by atoms with Gasteiger partial charge < -0.3 is 10.5 Å². The molecule has 0 spiro atoms. The third-order valence-electron chi connectivity index (χ3n) is 2.83. The molecule has 2 nitrogen and oxygen atoms in total. The van der Waals surface area contributed by atoms with Gasteiger partial charge in [0.05, 0.1) is 5.69 Å². The summed E-state index contributed by atoms with van der Waals surface area (Å²) < 4.78 is 19.2. The summed E-state index contributed by atoms with van der Waals surface area (Å²) in [5, 5.41) is 0.480. The van der Waals surface area contributed by atoms with Gasteiger partial charge in [-0.1, -0.05) is 17.7 Å². The van der Waals surface area contributed by atoms with Crippen LogP contribution in [0.25, 0.3) is 0 Å². The molecular weight excluding hydrogens is 265 g/mol. The molecule has 0 atom stereocenters. The van der Waals surface area contributed by atoms with E-state index in [0.29, 0.717) is 22.0 Å². The summed E-state index contributed by atoms with van der Waals surface area (Å²) in [4.78, 5) is 0. The fourth-order valence-electron chi connectivity index (χ4n) is 1.99. The summed E-state index contributed by atoms with van der Waals surface area (Å²) >= 11 is 5.83. The van der Waals surface area contributed by atoms with Crippen molar-refractivity contribution in [3.63, 3.8) is 0 Å². The van der Waals surface area contributed by atoms with Crippen molar-refractivity contribution >= 4 is 17.3 Å². The van der Waals surface area contributed by atoms with Gasteiger partial charge >= 0.3 is 0 Å². The first kappa shape index (κ1) is 13.7. The lowest BCUT2D eigenvalue weighted by Crippen LogP contribution is -2.03. The fourth-order valence-corrected chi connectivity index (χ4v) is 2.18. The smallest absolute Gasteiger partial charge is 0.145 e. The second kappa shape index (κ2) is 5.49. The van der Waals surface area contributed by atoms with Crippen molar-refractivity contribution in [1.29, 1.82) is 0 Å². The molecule has 2 aromatic carbocycles. The van der Waals surface area contributed by atoms with E-state index in [9.17, 15) is 4.39 Å². The standard InChI is InChI=1S/C15H15ClFNO/c1-9-5-10(2)15(14(18)6-9)19-8-11-7-12(16)3-4-13(11)17/h3-7H,8,18H2,1-2H3. The van der Waals surface area contributed by atoms with Crippen molar-refractivity contribution in [3.8, 4) is 5.75 Å². The predicted octanol–water partition coefficient (Wildman–Crippen LogP) is 4.26. The summed E-state index contributed by atoms with van der Waals surface area (Å²) in [6.45, 7) is 3.97. The van der Waals surface area contributed by atoms with E-state index in [-0.39, 0.29) is 12.4 Å². The van der Waals surface area contributed by atoms with E-state index >= 15 is 0 Å². The van der Waals surface area contributed by atoms with Gasteiger partial charge in [-0.15, -0.1) is 0 Å². The molecule has 0 unspecified atom stereocenters. The minimum absolute atomic E-state index is 0.0977. The molecular formula is C15H15ClFNO. The zero-order valence-corrected chi connectivity index (χ0v) is 11.6. The predicted molar refractivity (Wildman–Crippen MR) is 76.1 cm³/mol. The second-order valence-corrected chi connectivity index (χ2v) is 4.96. The summed E-state index contributed by atoms with van der Waals surface area (Å²) in [5.74, 6) is 0.248. The minimum atomic E-state index is -0.340. The Hall–Kier alpha value is -1.74. The maximum Gasteiger partial charge on any atom is 0.145 e. The Morgan fingerprint density at radius 1 is 1.21 bits per heavy atom. The zero-order chi connectivity index (χ0) is 14.0. The molecule has 2 rings (SSSR count). The summed E-state index contributed by atoms with van der Waals surface area (Å²) in [7, 11) is 0. The van der Waals surface area contributed by atoms with Crippen molar-refractivity contribution in [1.82, 2.24) is 0 Å². The first-order valence-electron chi connectivity index (χ1n) is 5.91. The molecule has 2 aromatic rings. The van der Waals surface area contributed by atoms with Crippen molar-refractivity contribution in [2.24, 2.45) is 0 Å². The molecule has 0 amide bonds. The zero-order valence-electron chi connectivity index (χ0n) is 10.8. The monoisotopic (exact) mass is 279 g/mol. The van der Waals surface area contributed by atoms with Gasteiger partial charge in [-0.25, -0.2) is 4.39 Å². The first-order valence-corrected chi connectivity index (χ1v) is 6.28. The summed E-state index contributed by atoms with van der Waals surface area (Å²) in [5.41, 5.74) is 8.87. The number of nitrogens with two attached hydrogens (primary N) is 1. The van der Waals surface area contributed by atoms with Crippen LogP contribution in [0.15, 0.2) is 30.3 Å². The Morgan fingerprint density at radius 2 is 1.95 bits per heavy atom. The van der Waals surface area contributed by atoms with Crippen molar-refractivity contribution in [2.45, 2.75) is 20.5 Å². The third kappa shape index (κ3) is 3.18. The highest BCUT2D eigenvalue weighted by Gasteiger charge is 2.08. The van der Waals surface area contributed by atoms with Crippen molar-refractivity contribution in [3.05, 3.63) is 57.9 Å². The molecule has 0 fully saturated rings. The Kier molecular flexibility index (Phi) is 3.96. The maximum absolute atomic E-state index is 13.6. The topological polar surface area (TPSA) is 35.2 Å². The molecule has 0 radical (unpaired) electrons. The molecule has 0 aliphatic rings. The van der Waals surface area contributed by atoms with Gasteiger partial charge in [0.2, 0.25) is 0 Å². The van der Waals surface area contributed by atoms with Crippen molar-refractivity contribution < 1.29 is 9.13 Å². The SMILES string of the molecule is Cc1cc(C)c(OCc2cc(Cl)ccc2F)c(N)c1. The van der Waals surface area contributed by atoms with Crippen LogP contribution in [0.1, 0.15) is 16.7 Å². The minimum Gasteiger partial charge on any atom is -0.486 e. The lowest BCUT2D eigenvalue weighted by molar-refractivity contribution is 0.299. The van der Waals surface area contributed by atoms with Gasteiger partial charge in [-0.2, -0.15) is 0 Å². The Bertz CT molecular complexity index is 590. The number of nitrogen functional groups attached to an aromatic ring is 1. The molecule has 0 heterocycles. The third-order valence-corrected chi connectivity index (χ3v) is 3.06. The Balaban J connectivity index is 2.21. The number of rotatable bonds is 3. The maximum atomic E-state index is 13.6. The highest BCUT2D eigenvalue weighted by molar-refractivity contribution is 6.30. The van der Waals surface area contributed by atoms with Gasteiger partial charge in [-0.05, 0) is 49.2 Å². The van der Waals surface area contributed by atoms with Gasteiger partial charge in [0.15, 0.2) is 0 Å². The van der Waals surface area contributed by atoms with Crippen LogP contribution in [-0.2, 0) is 6.61 Å². The number of anilines is 1. The molecule has 0 aromatic heterocycles. The van der Waals surface area contributed by atoms with E-state index in [2.05, 4.69) is 0 Å². The quantitative estimate of drug-likeness (QED) is 0.852. The number of aryl methyl sites for hydroxylation is 2. The van der Waals surface area contributed by atoms with Crippen LogP contribution in [0.5, 0.6) is 5.75 Å². The molecule has 0 saturated heterocycles. The van der Waals surface area contributed by atoms with Gasteiger partial charge in [0.1, 0.15) is 18.2 Å². The second-order valence-electron chi connectivity index (χ2n) is 4.52. The van der Waals surface area contributed by atoms with Gasteiger partial charge in [0, 0.05) is 10.6 Å². The molecule has 100 valence electrons. The van der Waals surface area contributed by atoms with E-state index in [1.54, 1.807) is 6.07 Å². The number of ether oxygens (including phenoxy) is 1. The van der Waals surface area contributed by atoms with Crippen LogP contribution in [-0.4, -0.2) is 0 Å². The van der Waals surface area contributed by atoms with Crippen LogP contribution in [0.3, 0.4) is 0 Å². The molecule has 2 N–H and O–H groups in total.